The van der Waals surface area contributed by atoms with Crippen LogP contribution in [0.2, 0.25) is 0 Å². The molecule has 2 fully saturated rings. The number of amides is 1. The second-order valence-corrected chi connectivity index (χ2v) is 7.91. The van der Waals surface area contributed by atoms with Crippen LogP contribution in [0.4, 0.5) is 11.4 Å². The first-order valence-corrected chi connectivity index (χ1v) is 11.1. The Morgan fingerprint density at radius 3 is 1.65 bits per heavy atom. The molecule has 0 aromatic heterocycles. The highest BCUT2D eigenvalue weighted by Gasteiger charge is 2.23. The minimum Gasteiger partial charge on any atom is -0.368 e. The molecule has 0 saturated carbocycles. The summed E-state index contributed by atoms with van der Waals surface area (Å²) in [4.78, 5) is 26.1. The third-order valence-corrected chi connectivity index (χ3v) is 6.06. The highest BCUT2D eigenvalue weighted by Crippen LogP contribution is 2.16. The lowest BCUT2D eigenvalue weighted by atomic mass is 10.2. The lowest BCUT2D eigenvalue weighted by Crippen LogP contribution is -2.55. The molecule has 4 rings (SSSR count). The average molecular weight is 421 g/mol. The van der Waals surface area contributed by atoms with E-state index in [1.165, 1.54) is 11.4 Å². The van der Waals surface area contributed by atoms with Crippen molar-refractivity contribution in [3.05, 3.63) is 60.7 Å². The number of para-hydroxylation sites is 2. The van der Waals surface area contributed by atoms with Crippen molar-refractivity contribution in [2.24, 2.45) is 4.99 Å². The van der Waals surface area contributed by atoms with Crippen molar-refractivity contribution < 1.29 is 4.79 Å². The van der Waals surface area contributed by atoms with Gasteiger partial charge in [-0.05, 0) is 24.3 Å². The first-order valence-electron chi connectivity index (χ1n) is 11.1. The zero-order chi connectivity index (χ0) is 21.5. The third-order valence-electron chi connectivity index (χ3n) is 6.06. The predicted octanol–water partition coefficient (Wildman–Crippen LogP) is 1.73. The molecule has 1 amide bonds. The zero-order valence-corrected chi connectivity index (χ0v) is 18.3. The van der Waals surface area contributed by atoms with E-state index in [9.17, 15) is 4.79 Å². The van der Waals surface area contributed by atoms with Gasteiger partial charge in [0.1, 0.15) is 0 Å². The standard InChI is InChI=1S/C24H32N6O/c1-25-24(30-18-14-28(15-19-30)22-10-6-3-7-11-22)26-20-23(31)29-16-12-27(13-17-29)21-8-4-2-5-9-21/h2-11H,12-20H2,1H3,(H,25,26). The van der Waals surface area contributed by atoms with Crippen molar-refractivity contribution >= 4 is 23.2 Å². The number of hydrogen-bond acceptors (Lipinski definition) is 4. The number of anilines is 2. The minimum absolute atomic E-state index is 0.136. The number of benzene rings is 2. The maximum absolute atomic E-state index is 12.7. The predicted molar refractivity (Wildman–Crippen MR) is 127 cm³/mol. The van der Waals surface area contributed by atoms with Gasteiger partial charge in [0.15, 0.2) is 5.96 Å². The number of aliphatic imine (C=N–C) groups is 1. The van der Waals surface area contributed by atoms with E-state index in [-0.39, 0.29) is 12.5 Å². The third kappa shape index (κ3) is 5.29. The van der Waals surface area contributed by atoms with E-state index in [4.69, 9.17) is 0 Å². The number of nitrogens with zero attached hydrogens (tertiary/aromatic N) is 5. The topological polar surface area (TPSA) is 54.4 Å². The largest absolute Gasteiger partial charge is 0.368 e. The quantitative estimate of drug-likeness (QED) is 0.603. The van der Waals surface area contributed by atoms with Gasteiger partial charge in [0.25, 0.3) is 0 Å². The van der Waals surface area contributed by atoms with Crippen molar-refractivity contribution in [1.82, 2.24) is 15.1 Å². The molecule has 31 heavy (non-hydrogen) atoms. The summed E-state index contributed by atoms with van der Waals surface area (Å²) in [6, 6.07) is 20.9. The Morgan fingerprint density at radius 1 is 0.742 bits per heavy atom. The molecule has 1 N–H and O–H groups in total. The van der Waals surface area contributed by atoms with Crippen LogP contribution in [0, 0.1) is 0 Å². The summed E-state index contributed by atoms with van der Waals surface area (Å²) in [5, 5.41) is 3.29. The van der Waals surface area contributed by atoms with Gasteiger partial charge in [-0.2, -0.15) is 0 Å². The van der Waals surface area contributed by atoms with E-state index in [0.717, 1.165) is 58.3 Å². The van der Waals surface area contributed by atoms with Crippen LogP contribution in [0.5, 0.6) is 0 Å². The van der Waals surface area contributed by atoms with Gasteiger partial charge in [-0.15, -0.1) is 0 Å². The Morgan fingerprint density at radius 2 is 1.19 bits per heavy atom. The second-order valence-electron chi connectivity index (χ2n) is 7.91. The van der Waals surface area contributed by atoms with Gasteiger partial charge >= 0.3 is 0 Å². The molecule has 2 aromatic rings. The number of guanidine groups is 1. The van der Waals surface area contributed by atoms with E-state index in [1.807, 2.05) is 17.0 Å². The van der Waals surface area contributed by atoms with Crippen LogP contribution in [-0.4, -0.2) is 87.6 Å². The maximum Gasteiger partial charge on any atom is 0.242 e. The van der Waals surface area contributed by atoms with Gasteiger partial charge < -0.3 is 24.9 Å². The number of piperazine rings is 2. The summed E-state index contributed by atoms with van der Waals surface area (Å²) in [5.41, 5.74) is 2.48. The summed E-state index contributed by atoms with van der Waals surface area (Å²) >= 11 is 0. The van der Waals surface area contributed by atoms with Crippen LogP contribution >= 0.6 is 0 Å². The highest BCUT2D eigenvalue weighted by molar-refractivity contribution is 5.86. The molecule has 7 heteroatoms. The molecule has 0 radical (unpaired) electrons. The monoisotopic (exact) mass is 420 g/mol. The van der Waals surface area contributed by atoms with E-state index in [2.05, 4.69) is 73.5 Å². The maximum atomic E-state index is 12.7. The lowest BCUT2D eigenvalue weighted by Gasteiger charge is -2.38. The van der Waals surface area contributed by atoms with Crippen molar-refractivity contribution in [3.63, 3.8) is 0 Å². The minimum atomic E-state index is 0.136. The molecule has 2 aromatic carbocycles. The van der Waals surface area contributed by atoms with E-state index >= 15 is 0 Å². The van der Waals surface area contributed by atoms with Gasteiger partial charge in [0.05, 0.1) is 6.54 Å². The van der Waals surface area contributed by atoms with Gasteiger partial charge in [-0.1, -0.05) is 36.4 Å². The lowest BCUT2D eigenvalue weighted by molar-refractivity contribution is -0.130. The molecule has 0 atom stereocenters. The van der Waals surface area contributed by atoms with Gasteiger partial charge in [-0.3, -0.25) is 9.79 Å². The summed E-state index contributed by atoms with van der Waals surface area (Å²) in [7, 11) is 1.79. The van der Waals surface area contributed by atoms with Crippen LogP contribution < -0.4 is 15.1 Å². The van der Waals surface area contributed by atoms with Gasteiger partial charge in [0.2, 0.25) is 5.91 Å². The molecular weight excluding hydrogens is 388 g/mol. The fraction of sp³-hybridized carbons (Fsp3) is 0.417. The summed E-state index contributed by atoms with van der Waals surface area (Å²) in [6.45, 7) is 7.19. The Labute approximate surface area is 185 Å². The molecule has 0 bridgehead atoms. The Kier molecular flexibility index (Phi) is 6.92. The molecule has 2 heterocycles. The Hall–Kier alpha value is -3.22. The van der Waals surface area contributed by atoms with Crippen molar-refractivity contribution in [3.8, 4) is 0 Å². The molecule has 2 aliphatic heterocycles. The van der Waals surface area contributed by atoms with Crippen molar-refractivity contribution in [2.75, 3.05) is 75.8 Å². The smallest absolute Gasteiger partial charge is 0.242 e. The molecule has 0 aliphatic carbocycles. The van der Waals surface area contributed by atoms with Crippen LogP contribution in [0.1, 0.15) is 0 Å². The number of carbonyl (C=O) groups excluding carboxylic acids is 1. The fourth-order valence-electron chi connectivity index (χ4n) is 4.27. The average Bonchev–Trinajstić information content (AvgIpc) is 2.86. The molecule has 164 valence electrons. The van der Waals surface area contributed by atoms with Crippen molar-refractivity contribution in [1.29, 1.82) is 0 Å². The number of hydrogen-bond donors (Lipinski definition) is 1. The molecule has 2 saturated heterocycles. The summed E-state index contributed by atoms with van der Waals surface area (Å²) in [5.74, 6) is 0.945. The second kappa shape index (κ2) is 10.2. The van der Waals surface area contributed by atoms with Crippen LogP contribution in [0.15, 0.2) is 65.7 Å². The Bertz CT molecular complexity index is 856. The molecule has 7 nitrogen and oxygen atoms in total. The number of nitrogens with one attached hydrogen (secondary N) is 1. The molecule has 2 aliphatic rings. The molecular formula is C24H32N6O. The van der Waals surface area contributed by atoms with Crippen LogP contribution in [0.3, 0.4) is 0 Å². The normalized spacial score (nSPS) is 17.6. The van der Waals surface area contributed by atoms with Crippen molar-refractivity contribution in [2.45, 2.75) is 0 Å². The highest BCUT2D eigenvalue weighted by atomic mass is 16.2. The van der Waals surface area contributed by atoms with Gasteiger partial charge in [0, 0.05) is 70.8 Å². The first kappa shape index (κ1) is 21.0. The van der Waals surface area contributed by atoms with Crippen LogP contribution in [-0.2, 0) is 4.79 Å². The molecule has 0 spiro atoms. The number of carbonyl (C=O) groups is 1. The van der Waals surface area contributed by atoms with Gasteiger partial charge in [-0.25, -0.2) is 0 Å². The van der Waals surface area contributed by atoms with E-state index in [0.29, 0.717) is 0 Å². The fourth-order valence-corrected chi connectivity index (χ4v) is 4.27. The SMILES string of the molecule is CN=C(NCC(=O)N1CCN(c2ccccc2)CC1)N1CCN(c2ccccc2)CC1. The zero-order valence-electron chi connectivity index (χ0n) is 18.3. The Balaban J connectivity index is 1.22. The van der Waals surface area contributed by atoms with E-state index < -0.39 is 0 Å². The summed E-state index contributed by atoms with van der Waals surface area (Å²) in [6.07, 6.45) is 0. The molecule has 0 unspecified atom stereocenters. The van der Waals surface area contributed by atoms with E-state index in [1.54, 1.807) is 7.05 Å². The number of rotatable bonds is 4. The first-order chi connectivity index (χ1) is 15.2. The summed E-state index contributed by atoms with van der Waals surface area (Å²) < 4.78 is 0. The van der Waals surface area contributed by atoms with Crippen LogP contribution in [0.25, 0.3) is 0 Å².